The van der Waals surface area contributed by atoms with Gasteiger partial charge >= 0.3 is 0 Å². The largest absolute Gasteiger partial charge is 0.454 e. The van der Waals surface area contributed by atoms with Crippen LogP contribution < -0.4 is 14.8 Å². The number of ether oxygens (including phenoxy) is 2. The summed E-state index contributed by atoms with van der Waals surface area (Å²) in [5.41, 5.74) is -0.181. The summed E-state index contributed by atoms with van der Waals surface area (Å²) >= 11 is 0. The minimum atomic E-state index is -0.745. The topological polar surface area (TPSA) is 83.5 Å². The van der Waals surface area contributed by atoms with Crippen LogP contribution in [0.5, 0.6) is 11.5 Å². The minimum Gasteiger partial charge on any atom is -0.454 e. The molecule has 1 aromatic rings. The van der Waals surface area contributed by atoms with Crippen LogP contribution in [0.4, 0.5) is 0 Å². The van der Waals surface area contributed by atoms with Crippen LogP contribution in [0.25, 0.3) is 0 Å². The van der Waals surface area contributed by atoms with Crippen LogP contribution in [0.3, 0.4) is 0 Å². The van der Waals surface area contributed by atoms with E-state index in [2.05, 4.69) is 10.3 Å². The Kier molecular flexibility index (Phi) is 3.55. The van der Waals surface area contributed by atoms with Gasteiger partial charge in [0, 0.05) is 32.7 Å². The van der Waals surface area contributed by atoms with Crippen molar-refractivity contribution >= 4 is 17.8 Å². The van der Waals surface area contributed by atoms with Gasteiger partial charge in [0.1, 0.15) is 5.54 Å². The Labute approximate surface area is 145 Å². The van der Waals surface area contributed by atoms with Gasteiger partial charge in [0.25, 0.3) is 11.8 Å². The van der Waals surface area contributed by atoms with E-state index in [1.165, 1.54) is 0 Å². The first kappa shape index (κ1) is 15.7. The monoisotopic (exact) mass is 344 g/mol. The van der Waals surface area contributed by atoms with Crippen molar-refractivity contribution in [3.8, 4) is 11.5 Å². The zero-order valence-electron chi connectivity index (χ0n) is 14.2. The van der Waals surface area contributed by atoms with E-state index in [9.17, 15) is 9.59 Å². The molecule has 1 fully saturated rings. The van der Waals surface area contributed by atoms with Crippen LogP contribution in [-0.4, -0.2) is 67.1 Å². The second-order valence-electron chi connectivity index (χ2n) is 6.68. The van der Waals surface area contributed by atoms with Gasteiger partial charge in [-0.15, -0.1) is 0 Å². The van der Waals surface area contributed by atoms with E-state index in [0.29, 0.717) is 49.0 Å². The Morgan fingerprint density at radius 3 is 2.64 bits per heavy atom. The van der Waals surface area contributed by atoms with Crippen LogP contribution in [0.1, 0.15) is 23.2 Å². The molecule has 3 aliphatic rings. The van der Waals surface area contributed by atoms with Crippen LogP contribution in [0, 0.1) is 0 Å². The molecule has 1 spiro atoms. The molecule has 3 heterocycles. The van der Waals surface area contributed by atoms with E-state index in [1.54, 1.807) is 28.0 Å². The fraction of sp³-hybridized carbons (Fsp3) is 0.471. The zero-order chi connectivity index (χ0) is 17.6. The van der Waals surface area contributed by atoms with E-state index < -0.39 is 5.54 Å². The van der Waals surface area contributed by atoms with Gasteiger partial charge in [-0.25, -0.2) is 4.99 Å². The number of hydrogen-bond acceptors (Lipinski definition) is 6. The predicted octanol–water partition coefficient (Wildman–Crippen LogP) is 0.437. The molecule has 8 nitrogen and oxygen atoms in total. The van der Waals surface area contributed by atoms with Crippen LogP contribution in [0.15, 0.2) is 23.2 Å². The highest BCUT2D eigenvalue weighted by atomic mass is 16.7. The summed E-state index contributed by atoms with van der Waals surface area (Å²) in [7, 11) is 3.69. The number of piperidine rings is 1. The van der Waals surface area contributed by atoms with Crippen molar-refractivity contribution in [1.82, 2.24) is 15.1 Å². The van der Waals surface area contributed by atoms with Crippen molar-refractivity contribution in [3.63, 3.8) is 0 Å². The first-order chi connectivity index (χ1) is 12.0. The number of guanidine groups is 1. The number of carbonyl (C=O) groups is 2. The lowest BCUT2D eigenvalue weighted by Crippen LogP contribution is -2.50. The number of fused-ring (bicyclic) bond motifs is 1. The number of rotatable bonds is 1. The maximum Gasteiger partial charge on any atom is 0.254 e. The molecule has 1 aromatic carbocycles. The molecule has 132 valence electrons. The third-order valence-electron chi connectivity index (χ3n) is 4.89. The summed E-state index contributed by atoms with van der Waals surface area (Å²) in [5, 5.41) is 2.82. The number of likely N-dealkylation sites (tertiary alicyclic amines) is 1. The molecule has 8 heteroatoms. The zero-order valence-corrected chi connectivity index (χ0v) is 14.2. The van der Waals surface area contributed by atoms with Gasteiger partial charge in [0.15, 0.2) is 11.5 Å². The maximum atomic E-state index is 12.7. The summed E-state index contributed by atoms with van der Waals surface area (Å²) in [6.07, 6.45) is 1.04. The second kappa shape index (κ2) is 5.65. The van der Waals surface area contributed by atoms with E-state index in [-0.39, 0.29) is 18.6 Å². The molecule has 0 aromatic heterocycles. The lowest BCUT2D eigenvalue weighted by molar-refractivity contribution is -0.125. The number of carbonyl (C=O) groups excluding carboxylic acids is 2. The lowest BCUT2D eigenvalue weighted by Gasteiger charge is -2.35. The molecule has 2 amide bonds. The average Bonchev–Trinajstić information content (AvgIpc) is 3.20. The number of aliphatic imine (C=N–C) groups is 1. The van der Waals surface area contributed by atoms with E-state index in [4.69, 9.17) is 9.47 Å². The SMILES string of the molecule is CN(C)C1=NC2(CCN(C(=O)c3ccc4c(c3)OCO4)CC2)C(=O)N1. The molecular weight excluding hydrogens is 324 g/mol. The van der Waals surface area contributed by atoms with Gasteiger partial charge in [-0.2, -0.15) is 0 Å². The first-order valence-electron chi connectivity index (χ1n) is 8.26. The summed E-state index contributed by atoms with van der Waals surface area (Å²) < 4.78 is 10.6. The van der Waals surface area contributed by atoms with Gasteiger partial charge in [0.2, 0.25) is 12.8 Å². The molecule has 1 N–H and O–H groups in total. The standard InChI is InChI=1S/C17H20N4O4/c1-20(2)16-18-15(23)17(19-16)5-7-21(8-6-17)14(22)11-3-4-12-13(9-11)25-10-24-12/h3-4,9H,5-8,10H2,1-2H3,(H,18,19,23). The van der Waals surface area contributed by atoms with Crippen molar-refractivity contribution < 1.29 is 19.1 Å². The van der Waals surface area contributed by atoms with Crippen molar-refractivity contribution in [2.75, 3.05) is 34.0 Å². The highest BCUT2D eigenvalue weighted by Gasteiger charge is 2.46. The maximum absolute atomic E-state index is 12.7. The van der Waals surface area contributed by atoms with Crippen molar-refractivity contribution in [3.05, 3.63) is 23.8 Å². The van der Waals surface area contributed by atoms with Gasteiger partial charge in [0.05, 0.1) is 0 Å². The van der Waals surface area contributed by atoms with Gasteiger partial charge in [-0.3, -0.25) is 14.9 Å². The highest BCUT2D eigenvalue weighted by molar-refractivity contribution is 6.07. The number of nitrogens with one attached hydrogen (secondary N) is 1. The van der Waals surface area contributed by atoms with Crippen molar-refractivity contribution in [2.45, 2.75) is 18.4 Å². The summed E-state index contributed by atoms with van der Waals surface area (Å²) in [5.74, 6) is 1.69. The Morgan fingerprint density at radius 2 is 1.96 bits per heavy atom. The molecule has 0 bridgehead atoms. The van der Waals surface area contributed by atoms with Crippen molar-refractivity contribution in [1.29, 1.82) is 0 Å². The summed E-state index contributed by atoms with van der Waals surface area (Å²) in [6, 6.07) is 5.20. The first-order valence-corrected chi connectivity index (χ1v) is 8.26. The fourth-order valence-corrected chi connectivity index (χ4v) is 3.34. The summed E-state index contributed by atoms with van der Waals surface area (Å²) in [6.45, 7) is 1.16. The van der Waals surface area contributed by atoms with Crippen LogP contribution in [0.2, 0.25) is 0 Å². The molecule has 1 saturated heterocycles. The molecular formula is C17H20N4O4. The normalized spacial score (nSPS) is 20.5. The Hall–Kier alpha value is -2.77. The van der Waals surface area contributed by atoms with E-state index >= 15 is 0 Å². The Morgan fingerprint density at radius 1 is 1.24 bits per heavy atom. The number of hydrogen-bond donors (Lipinski definition) is 1. The molecule has 25 heavy (non-hydrogen) atoms. The molecule has 0 atom stereocenters. The minimum absolute atomic E-state index is 0.0663. The third-order valence-corrected chi connectivity index (χ3v) is 4.89. The number of benzene rings is 1. The molecule has 0 saturated carbocycles. The molecule has 4 rings (SSSR count). The fourth-order valence-electron chi connectivity index (χ4n) is 3.34. The molecule has 0 unspecified atom stereocenters. The van der Waals surface area contributed by atoms with E-state index in [0.717, 1.165) is 0 Å². The Balaban J connectivity index is 1.47. The van der Waals surface area contributed by atoms with Crippen molar-refractivity contribution in [2.24, 2.45) is 4.99 Å². The lowest BCUT2D eigenvalue weighted by atomic mass is 9.88. The second-order valence-corrected chi connectivity index (χ2v) is 6.68. The number of nitrogens with zero attached hydrogens (tertiary/aromatic N) is 3. The predicted molar refractivity (Wildman–Crippen MR) is 89.7 cm³/mol. The third kappa shape index (κ3) is 2.57. The van der Waals surface area contributed by atoms with Gasteiger partial charge in [-0.05, 0) is 31.0 Å². The van der Waals surface area contributed by atoms with Gasteiger partial charge < -0.3 is 19.3 Å². The van der Waals surface area contributed by atoms with Crippen LogP contribution in [-0.2, 0) is 4.79 Å². The number of amides is 2. The summed E-state index contributed by atoms with van der Waals surface area (Å²) in [4.78, 5) is 33.2. The molecule has 3 aliphatic heterocycles. The molecule has 0 radical (unpaired) electrons. The van der Waals surface area contributed by atoms with Crippen LogP contribution >= 0.6 is 0 Å². The molecule has 0 aliphatic carbocycles. The smallest absolute Gasteiger partial charge is 0.254 e. The highest BCUT2D eigenvalue weighted by Crippen LogP contribution is 2.34. The van der Waals surface area contributed by atoms with E-state index in [1.807, 2.05) is 14.1 Å². The average molecular weight is 344 g/mol. The van der Waals surface area contributed by atoms with Gasteiger partial charge in [-0.1, -0.05) is 0 Å². The quantitative estimate of drug-likeness (QED) is 0.799. The Bertz CT molecular complexity index is 766.